The van der Waals surface area contributed by atoms with Gasteiger partial charge in [0.2, 0.25) is 0 Å². The molecular formula is C28H59N. The maximum absolute atomic E-state index is 2.87. The second kappa shape index (κ2) is 22.6. The quantitative estimate of drug-likeness (QED) is 0.152. The lowest BCUT2D eigenvalue weighted by Crippen LogP contribution is -2.32. The van der Waals surface area contributed by atoms with E-state index >= 15 is 0 Å². The summed E-state index contributed by atoms with van der Waals surface area (Å²) in [4.78, 5) is 2.87. The summed E-state index contributed by atoms with van der Waals surface area (Å²) < 4.78 is 0. The standard InChI is InChI=1S/C28H59N/c1-6-11-14-15-16-17-19-24-29(26-27(10-5)21-13-8-3)25-23-28(20-9-4)22-18-12-7-2/h27-28H,6-26H2,1-5H3. The predicted molar refractivity (Wildman–Crippen MR) is 135 cm³/mol. The summed E-state index contributed by atoms with van der Waals surface area (Å²) in [6.07, 6.45) is 25.6. The van der Waals surface area contributed by atoms with E-state index in [0.29, 0.717) is 0 Å². The third kappa shape index (κ3) is 18.4. The van der Waals surface area contributed by atoms with Crippen molar-refractivity contribution in [2.75, 3.05) is 19.6 Å². The molecule has 176 valence electrons. The maximum Gasteiger partial charge on any atom is 0.000956 e. The molecule has 0 fully saturated rings. The molecule has 0 aliphatic heterocycles. The fraction of sp³-hybridized carbons (Fsp3) is 1.00. The van der Waals surface area contributed by atoms with Crippen LogP contribution in [0.15, 0.2) is 0 Å². The molecule has 0 bridgehead atoms. The summed E-state index contributed by atoms with van der Waals surface area (Å²) in [6.45, 7) is 15.8. The van der Waals surface area contributed by atoms with Crippen molar-refractivity contribution in [2.24, 2.45) is 11.8 Å². The van der Waals surface area contributed by atoms with E-state index in [-0.39, 0.29) is 0 Å². The third-order valence-electron chi connectivity index (χ3n) is 6.90. The van der Waals surface area contributed by atoms with Crippen molar-refractivity contribution >= 4 is 0 Å². The first-order valence-corrected chi connectivity index (χ1v) is 13.9. The monoisotopic (exact) mass is 409 g/mol. The van der Waals surface area contributed by atoms with Gasteiger partial charge in [-0.15, -0.1) is 0 Å². The Morgan fingerprint density at radius 1 is 0.448 bits per heavy atom. The second-order valence-corrected chi connectivity index (χ2v) is 9.78. The van der Waals surface area contributed by atoms with Gasteiger partial charge in [0.25, 0.3) is 0 Å². The molecule has 2 unspecified atom stereocenters. The van der Waals surface area contributed by atoms with E-state index in [4.69, 9.17) is 0 Å². The largest absolute Gasteiger partial charge is 0.303 e. The van der Waals surface area contributed by atoms with Gasteiger partial charge in [0.15, 0.2) is 0 Å². The van der Waals surface area contributed by atoms with E-state index in [1.165, 1.54) is 135 Å². The Morgan fingerprint density at radius 3 is 1.66 bits per heavy atom. The topological polar surface area (TPSA) is 3.24 Å². The number of hydrogen-bond acceptors (Lipinski definition) is 1. The fourth-order valence-corrected chi connectivity index (χ4v) is 4.76. The highest BCUT2D eigenvalue weighted by Crippen LogP contribution is 2.22. The molecule has 0 spiro atoms. The van der Waals surface area contributed by atoms with Gasteiger partial charge in [0.05, 0.1) is 0 Å². The molecule has 0 aromatic carbocycles. The molecule has 0 heterocycles. The predicted octanol–water partition coefficient (Wildman–Crippen LogP) is 9.64. The number of rotatable bonds is 23. The molecular weight excluding hydrogens is 350 g/mol. The summed E-state index contributed by atoms with van der Waals surface area (Å²) in [5.41, 5.74) is 0. The highest BCUT2D eigenvalue weighted by atomic mass is 15.1. The first kappa shape index (κ1) is 29.0. The van der Waals surface area contributed by atoms with Crippen LogP contribution >= 0.6 is 0 Å². The van der Waals surface area contributed by atoms with Crippen molar-refractivity contribution in [1.82, 2.24) is 4.90 Å². The summed E-state index contributed by atoms with van der Waals surface area (Å²) in [5, 5.41) is 0. The number of nitrogens with zero attached hydrogens (tertiary/aromatic N) is 1. The molecule has 0 rings (SSSR count). The summed E-state index contributed by atoms with van der Waals surface area (Å²) in [7, 11) is 0. The minimum Gasteiger partial charge on any atom is -0.303 e. The summed E-state index contributed by atoms with van der Waals surface area (Å²) in [5.74, 6) is 1.89. The van der Waals surface area contributed by atoms with Crippen LogP contribution in [0.2, 0.25) is 0 Å². The molecule has 0 N–H and O–H groups in total. The van der Waals surface area contributed by atoms with Crippen LogP contribution in [-0.4, -0.2) is 24.5 Å². The van der Waals surface area contributed by atoms with Gasteiger partial charge in [-0.1, -0.05) is 131 Å². The first-order valence-electron chi connectivity index (χ1n) is 13.9. The van der Waals surface area contributed by atoms with E-state index in [2.05, 4.69) is 39.5 Å². The lowest BCUT2D eigenvalue weighted by atomic mass is 9.92. The van der Waals surface area contributed by atoms with Crippen molar-refractivity contribution in [3.63, 3.8) is 0 Å². The van der Waals surface area contributed by atoms with Crippen molar-refractivity contribution in [2.45, 2.75) is 150 Å². The van der Waals surface area contributed by atoms with Crippen LogP contribution in [0, 0.1) is 11.8 Å². The number of hydrogen-bond donors (Lipinski definition) is 0. The van der Waals surface area contributed by atoms with Crippen LogP contribution in [0.5, 0.6) is 0 Å². The Bertz CT molecular complexity index is 301. The number of unbranched alkanes of at least 4 members (excludes halogenated alkanes) is 9. The van der Waals surface area contributed by atoms with E-state index in [1.54, 1.807) is 0 Å². The highest BCUT2D eigenvalue weighted by Gasteiger charge is 2.15. The second-order valence-electron chi connectivity index (χ2n) is 9.78. The van der Waals surface area contributed by atoms with E-state index in [1.807, 2.05) is 0 Å². The van der Waals surface area contributed by atoms with Crippen molar-refractivity contribution < 1.29 is 0 Å². The van der Waals surface area contributed by atoms with Gasteiger partial charge in [0.1, 0.15) is 0 Å². The molecule has 0 aliphatic rings. The van der Waals surface area contributed by atoms with Crippen molar-refractivity contribution in [3.8, 4) is 0 Å². The van der Waals surface area contributed by atoms with Crippen LogP contribution in [0.3, 0.4) is 0 Å². The fourth-order valence-electron chi connectivity index (χ4n) is 4.76. The van der Waals surface area contributed by atoms with Crippen molar-refractivity contribution in [1.29, 1.82) is 0 Å². The van der Waals surface area contributed by atoms with Gasteiger partial charge < -0.3 is 4.90 Å². The molecule has 0 saturated heterocycles. The van der Waals surface area contributed by atoms with Crippen LogP contribution < -0.4 is 0 Å². The third-order valence-corrected chi connectivity index (χ3v) is 6.90. The van der Waals surface area contributed by atoms with Crippen LogP contribution in [0.1, 0.15) is 150 Å². The molecule has 0 aromatic rings. The molecule has 0 aliphatic carbocycles. The van der Waals surface area contributed by atoms with Gasteiger partial charge in [-0.05, 0) is 44.2 Å². The molecule has 1 heteroatoms. The van der Waals surface area contributed by atoms with Gasteiger partial charge in [0, 0.05) is 6.54 Å². The van der Waals surface area contributed by atoms with Gasteiger partial charge >= 0.3 is 0 Å². The average Bonchev–Trinajstić information content (AvgIpc) is 2.73. The zero-order valence-electron chi connectivity index (χ0n) is 21.5. The van der Waals surface area contributed by atoms with E-state index < -0.39 is 0 Å². The van der Waals surface area contributed by atoms with Gasteiger partial charge in [-0.2, -0.15) is 0 Å². The van der Waals surface area contributed by atoms with E-state index in [0.717, 1.165) is 11.8 Å². The smallest absolute Gasteiger partial charge is 0.000956 e. The Labute approximate surface area is 186 Å². The Morgan fingerprint density at radius 2 is 1.03 bits per heavy atom. The lowest BCUT2D eigenvalue weighted by molar-refractivity contribution is 0.196. The van der Waals surface area contributed by atoms with E-state index in [9.17, 15) is 0 Å². The zero-order chi connectivity index (χ0) is 21.6. The Balaban J connectivity index is 4.45. The highest BCUT2D eigenvalue weighted by molar-refractivity contribution is 4.69. The first-order chi connectivity index (χ1) is 14.2. The molecule has 29 heavy (non-hydrogen) atoms. The minimum atomic E-state index is 0.921. The average molecular weight is 410 g/mol. The maximum atomic E-state index is 2.87. The lowest BCUT2D eigenvalue weighted by Gasteiger charge is -2.29. The van der Waals surface area contributed by atoms with Crippen molar-refractivity contribution in [3.05, 3.63) is 0 Å². The normalized spacial score (nSPS) is 13.9. The minimum absolute atomic E-state index is 0.921. The Hall–Kier alpha value is -0.0400. The zero-order valence-corrected chi connectivity index (χ0v) is 21.5. The molecule has 0 aromatic heterocycles. The molecule has 0 amide bonds. The van der Waals surface area contributed by atoms with Gasteiger partial charge in [-0.25, -0.2) is 0 Å². The van der Waals surface area contributed by atoms with Crippen LogP contribution in [-0.2, 0) is 0 Å². The van der Waals surface area contributed by atoms with Crippen LogP contribution in [0.25, 0.3) is 0 Å². The SMILES string of the molecule is CCCCCCCCCN(CCC(CCC)CCCCC)CC(CC)CCCC. The van der Waals surface area contributed by atoms with Crippen LogP contribution in [0.4, 0.5) is 0 Å². The summed E-state index contributed by atoms with van der Waals surface area (Å²) >= 11 is 0. The Kier molecular flexibility index (Phi) is 22.6. The molecule has 0 radical (unpaired) electrons. The molecule has 1 nitrogen and oxygen atoms in total. The summed E-state index contributed by atoms with van der Waals surface area (Å²) in [6, 6.07) is 0. The molecule has 2 atom stereocenters. The van der Waals surface area contributed by atoms with Gasteiger partial charge in [-0.3, -0.25) is 0 Å². The molecule has 0 saturated carbocycles.